The number of carbonyl (C=O) groups excluding carboxylic acids is 1. The normalized spacial score (nSPS) is 14.3. The molecule has 118 valence electrons. The number of thiophene rings is 1. The van der Waals surface area contributed by atoms with E-state index in [1.54, 1.807) is 23.5 Å². The first-order chi connectivity index (χ1) is 11.1. The third-order valence-corrected chi connectivity index (χ3v) is 5.80. The average molecular weight is 393 g/mol. The van der Waals surface area contributed by atoms with Gasteiger partial charge in [-0.2, -0.15) is 0 Å². The summed E-state index contributed by atoms with van der Waals surface area (Å²) in [4.78, 5) is 12.5. The summed E-state index contributed by atoms with van der Waals surface area (Å²) in [5, 5.41) is 5.07. The Bertz CT molecular complexity index is 880. The van der Waals surface area contributed by atoms with Crippen LogP contribution in [-0.4, -0.2) is 16.5 Å². The van der Waals surface area contributed by atoms with Gasteiger partial charge >= 0.3 is 0 Å². The molecule has 3 aromatic rings. The van der Waals surface area contributed by atoms with E-state index in [2.05, 4.69) is 21.2 Å². The van der Waals surface area contributed by atoms with Crippen molar-refractivity contribution in [1.29, 1.82) is 0 Å². The number of fused-ring (bicyclic) bond motifs is 1. The highest BCUT2D eigenvalue weighted by Crippen LogP contribution is 2.34. The van der Waals surface area contributed by atoms with E-state index in [0.29, 0.717) is 18.3 Å². The molecule has 3 nitrogen and oxygen atoms in total. The van der Waals surface area contributed by atoms with Crippen LogP contribution in [0.5, 0.6) is 0 Å². The lowest BCUT2D eigenvalue weighted by atomic mass is 10.2. The van der Waals surface area contributed by atoms with Gasteiger partial charge in [-0.05, 0) is 52.5 Å². The monoisotopic (exact) mass is 392 g/mol. The van der Waals surface area contributed by atoms with Gasteiger partial charge in [-0.25, -0.2) is 4.39 Å². The van der Waals surface area contributed by atoms with Crippen LogP contribution in [0.25, 0.3) is 10.2 Å². The van der Waals surface area contributed by atoms with Gasteiger partial charge in [0.25, 0.3) is 5.91 Å². The second kappa shape index (κ2) is 5.76. The Balaban J connectivity index is 1.76. The number of nitrogens with one attached hydrogen (secondary N) is 1. The summed E-state index contributed by atoms with van der Waals surface area (Å²) in [5.74, 6) is -0.292. The lowest BCUT2D eigenvalue weighted by Crippen LogP contribution is -2.27. The van der Waals surface area contributed by atoms with Crippen molar-refractivity contribution in [3.63, 3.8) is 0 Å². The average Bonchev–Trinajstić information content (AvgIpc) is 3.16. The number of carbonyl (C=O) groups is 1. The van der Waals surface area contributed by atoms with E-state index in [1.165, 1.54) is 12.1 Å². The molecular weight excluding hydrogens is 379 g/mol. The maximum Gasteiger partial charge on any atom is 0.268 e. The van der Waals surface area contributed by atoms with Gasteiger partial charge in [-0.1, -0.05) is 12.1 Å². The lowest BCUT2D eigenvalue weighted by molar-refractivity contribution is 0.0942. The van der Waals surface area contributed by atoms with E-state index in [-0.39, 0.29) is 11.7 Å². The number of nitrogens with zero attached hydrogens (tertiary/aromatic N) is 1. The van der Waals surface area contributed by atoms with Crippen LogP contribution >= 0.6 is 27.3 Å². The number of halogens is 2. The Morgan fingerprint density at radius 2 is 2.09 bits per heavy atom. The lowest BCUT2D eigenvalue weighted by Gasteiger charge is -2.11. The quantitative estimate of drug-likeness (QED) is 0.694. The van der Waals surface area contributed by atoms with Crippen molar-refractivity contribution in [3.05, 3.63) is 57.3 Å². The molecule has 1 saturated carbocycles. The number of hydrogen-bond donors (Lipinski definition) is 1. The van der Waals surface area contributed by atoms with Gasteiger partial charge < -0.3 is 9.88 Å². The Morgan fingerprint density at radius 3 is 2.78 bits per heavy atom. The molecule has 0 atom stereocenters. The van der Waals surface area contributed by atoms with E-state index in [9.17, 15) is 9.18 Å². The first-order valence-electron chi connectivity index (χ1n) is 7.43. The number of rotatable bonds is 4. The van der Waals surface area contributed by atoms with Crippen molar-refractivity contribution in [1.82, 2.24) is 9.88 Å². The van der Waals surface area contributed by atoms with Crippen LogP contribution < -0.4 is 5.32 Å². The van der Waals surface area contributed by atoms with Crippen molar-refractivity contribution < 1.29 is 9.18 Å². The Morgan fingerprint density at radius 1 is 1.35 bits per heavy atom. The maximum absolute atomic E-state index is 13.1. The van der Waals surface area contributed by atoms with Crippen molar-refractivity contribution in [3.8, 4) is 0 Å². The zero-order valence-electron chi connectivity index (χ0n) is 12.2. The largest absolute Gasteiger partial charge is 0.348 e. The summed E-state index contributed by atoms with van der Waals surface area (Å²) in [6.07, 6.45) is 2.12. The molecule has 23 heavy (non-hydrogen) atoms. The van der Waals surface area contributed by atoms with Gasteiger partial charge in [-0.15, -0.1) is 11.3 Å². The zero-order chi connectivity index (χ0) is 16.0. The Hall–Kier alpha value is -1.66. The van der Waals surface area contributed by atoms with Crippen LogP contribution in [0.3, 0.4) is 0 Å². The first-order valence-corrected chi connectivity index (χ1v) is 9.10. The maximum atomic E-state index is 13.1. The molecule has 0 spiro atoms. The molecule has 1 N–H and O–H groups in total. The number of aromatic nitrogens is 1. The number of hydrogen-bond acceptors (Lipinski definition) is 2. The summed E-state index contributed by atoms with van der Waals surface area (Å²) in [6, 6.07) is 8.66. The van der Waals surface area contributed by atoms with E-state index in [4.69, 9.17) is 0 Å². The molecule has 1 aliphatic carbocycles. The molecule has 2 aromatic heterocycles. The molecule has 0 aliphatic heterocycles. The molecule has 1 aliphatic rings. The van der Waals surface area contributed by atoms with Gasteiger partial charge in [0.05, 0.1) is 14.7 Å². The molecule has 0 unspecified atom stereocenters. The summed E-state index contributed by atoms with van der Waals surface area (Å²) in [6.45, 7) is 0.534. The minimum Gasteiger partial charge on any atom is -0.348 e. The van der Waals surface area contributed by atoms with Crippen molar-refractivity contribution >= 4 is 43.4 Å². The fourth-order valence-electron chi connectivity index (χ4n) is 2.64. The molecule has 6 heteroatoms. The fourth-order valence-corrected chi connectivity index (χ4v) is 4.34. The molecule has 1 fully saturated rings. The van der Waals surface area contributed by atoms with Gasteiger partial charge in [0, 0.05) is 18.0 Å². The van der Waals surface area contributed by atoms with E-state index in [0.717, 1.165) is 33.1 Å². The van der Waals surface area contributed by atoms with Crippen LogP contribution in [0.15, 0.2) is 40.2 Å². The summed E-state index contributed by atoms with van der Waals surface area (Å²) < 4.78 is 17.2. The molecule has 1 aromatic carbocycles. The molecule has 0 bridgehead atoms. The number of benzene rings is 1. The standard InChI is InChI=1S/C17H14BrFN2OS/c18-13-9-23-15-7-14(17(22)20-12-5-6-12)21(16(13)15)8-10-1-3-11(19)4-2-10/h1-4,7,9,12H,5-6,8H2,(H,20,22). The van der Waals surface area contributed by atoms with Gasteiger partial charge in [0.2, 0.25) is 0 Å². The molecule has 2 heterocycles. The fraction of sp³-hybridized carbons (Fsp3) is 0.235. The minimum atomic E-state index is -0.255. The first kappa shape index (κ1) is 14.9. The highest BCUT2D eigenvalue weighted by molar-refractivity contribution is 9.10. The Labute approximate surface area is 145 Å². The second-order valence-electron chi connectivity index (χ2n) is 5.79. The molecule has 0 saturated heterocycles. The van der Waals surface area contributed by atoms with Crippen molar-refractivity contribution in [2.45, 2.75) is 25.4 Å². The summed E-state index contributed by atoms with van der Waals surface area (Å²) in [7, 11) is 0. The van der Waals surface area contributed by atoms with Gasteiger partial charge in [0.1, 0.15) is 11.5 Å². The van der Waals surface area contributed by atoms with Crippen LogP contribution in [0.1, 0.15) is 28.9 Å². The molecular formula is C17H14BrFN2OS. The highest BCUT2D eigenvalue weighted by atomic mass is 79.9. The molecule has 0 radical (unpaired) electrons. The molecule has 1 amide bonds. The summed E-state index contributed by atoms with van der Waals surface area (Å²) in [5.41, 5.74) is 2.63. The van der Waals surface area contributed by atoms with Crippen LogP contribution in [0.4, 0.5) is 4.39 Å². The van der Waals surface area contributed by atoms with E-state index < -0.39 is 0 Å². The smallest absolute Gasteiger partial charge is 0.268 e. The predicted octanol–water partition coefficient (Wildman–Crippen LogP) is 4.54. The minimum absolute atomic E-state index is 0.0371. The van der Waals surface area contributed by atoms with E-state index >= 15 is 0 Å². The molecule has 4 rings (SSSR count). The van der Waals surface area contributed by atoms with Gasteiger partial charge in [-0.3, -0.25) is 4.79 Å². The zero-order valence-corrected chi connectivity index (χ0v) is 14.6. The van der Waals surface area contributed by atoms with Crippen LogP contribution in [-0.2, 0) is 6.54 Å². The second-order valence-corrected chi connectivity index (χ2v) is 7.55. The third kappa shape index (κ3) is 2.93. The van der Waals surface area contributed by atoms with Gasteiger partial charge in [0.15, 0.2) is 0 Å². The van der Waals surface area contributed by atoms with Crippen LogP contribution in [0, 0.1) is 5.82 Å². The highest BCUT2D eigenvalue weighted by Gasteiger charge is 2.26. The predicted molar refractivity (Wildman–Crippen MR) is 93.5 cm³/mol. The number of amides is 1. The van der Waals surface area contributed by atoms with Crippen molar-refractivity contribution in [2.75, 3.05) is 0 Å². The van der Waals surface area contributed by atoms with E-state index in [1.807, 2.05) is 16.0 Å². The summed E-state index contributed by atoms with van der Waals surface area (Å²) >= 11 is 5.17. The SMILES string of the molecule is O=C(NC1CC1)c1cc2scc(Br)c2n1Cc1ccc(F)cc1. The third-order valence-electron chi connectivity index (χ3n) is 3.98. The Kier molecular flexibility index (Phi) is 3.73. The topological polar surface area (TPSA) is 34.0 Å². The van der Waals surface area contributed by atoms with Crippen LogP contribution in [0.2, 0.25) is 0 Å². The van der Waals surface area contributed by atoms with Crippen molar-refractivity contribution in [2.24, 2.45) is 0 Å².